The molecule has 2 aliphatic heterocycles. The Morgan fingerprint density at radius 3 is 2.75 bits per heavy atom. The predicted molar refractivity (Wildman–Crippen MR) is 107 cm³/mol. The molecular weight excluding hydrogens is 427 g/mol. The van der Waals surface area contributed by atoms with Gasteiger partial charge < -0.3 is 24.8 Å². The van der Waals surface area contributed by atoms with Crippen LogP contribution in [-0.4, -0.2) is 52.1 Å². The van der Waals surface area contributed by atoms with Crippen LogP contribution >= 0.6 is 0 Å². The number of rotatable bonds is 3. The number of carbonyl (C=O) groups excluding carboxylic acids is 2. The quantitative estimate of drug-likeness (QED) is 0.754. The zero-order valence-electron chi connectivity index (χ0n) is 17.1. The predicted octanol–water partition coefficient (Wildman–Crippen LogP) is 2.86. The lowest BCUT2D eigenvalue weighted by Gasteiger charge is -2.58. The van der Waals surface area contributed by atoms with Crippen LogP contribution in [0.2, 0.25) is 0 Å². The van der Waals surface area contributed by atoms with Crippen molar-refractivity contribution in [2.24, 2.45) is 5.41 Å². The molecule has 1 saturated carbocycles. The molecule has 11 heteroatoms. The Morgan fingerprint density at radius 2 is 2.00 bits per heavy atom. The lowest BCUT2D eigenvalue weighted by molar-refractivity contribution is -0.137. The van der Waals surface area contributed by atoms with Crippen LogP contribution in [0, 0.1) is 5.41 Å². The topological polar surface area (TPSA) is 88.5 Å². The molecule has 170 valence electrons. The Morgan fingerprint density at radius 1 is 1.22 bits per heavy atom. The maximum atomic E-state index is 12.8. The molecule has 5 rings (SSSR count). The first kappa shape index (κ1) is 20.8. The molecule has 1 aromatic carbocycles. The standard InChI is InChI=1S/C21H22F3N5O3/c22-21(23,24)13-2-1-3-14(6-13)26-19(31)27-15-7-20(8-15)11-28(12-20)18(30)16-9-25-17-10-32-5-4-29(16)17/h1-3,6,9,15H,4-5,7-8,10-12H2,(H2,26,27,31). The summed E-state index contributed by atoms with van der Waals surface area (Å²) in [5.41, 5.74) is -0.157. The number of carbonyl (C=O) groups is 2. The van der Waals surface area contributed by atoms with E-state index in [9.17, 15) is 22.8 Å². The van der Waals surface area contributed by atoms with Crippen molar-refractivity contribution in [1.82, 2.24) is 19.8 Å². The lowest BCUT2D eigenvalue weighted by atomic mass is 9.60. The van der Waals surface area contributed by atoms with E-state index < -0.39 is 17.8 Å². The second-order valence-corrected chi connectivity index (χ2v) is 8.71. The van der Waals surface area contributed by atoms with Crippen LogP contribution in [0.3, 0.4) is 0 Å². The average molecular weight is 449 g/mol. The molecule has 32 heavy (non-hydrogen) atoms. The summed E-state index contributed by atoms with van der Waals surface area (Å²) in [5, 5.41) is 5.25. The second-order valence-electron chi connectivity index (χ2n) is 8.71. The molecule has 1 spiro atoms. The molecule has 0 bridgehead atoms. The van der Waals surface area contributed by atoms with Crippen LogP contribution in [0.15, 0.2) is 30.5 Å². The van der Waals surface area contributed by atoms with Gasteiger partial charge in [-0.25, -0.2) is 9.78 Å². The van der Waals surface area contributed by atoms with Gasteiger partial charge >= 0.3 is 12.2 Å². The van der Waals surface area contributed by atoms with E-state index in [4.69, 9.17) is 4.74 Å². The number of hydrogen-bond donors (Lipinski definition) is 2. The number of aromatic nitrogens is 2. The van der Waals surface area contributed by atoms with Gasteiger partial charge in [0.2, 0.25) is 0 Å². The molecule has 3 amide bonds. The summed E-state index contributed by atoms with van der Waals surface area (Å²) < 4.78 is 45.7. The van der Waals surface area contributed by atoms with E-state index >= 15 is 0 Å². The summed E-state index contributed by atoms with van der Waals surface area (Å²) in [5.74, 6) is 0.713. The van der Waals surface area contributed by atoms with Gasteiger partial charge in [0.1, 0.15) is 18.1 Å². The van der Waals surface area contributed by atoms with Crippen LogP contribution in [0.1, 0.15) is 34.7 Å². The van der Waals surface area contributed by atoms with Crippen LogP contribution in [0.5, 0.6) is 0 Å². The van der Waals surface area contributed by atoms with E-state index in [1.807, 2.05) is 4.57 Å². The third-order valence-corrected chi connectivity index (χ3v) is 6.33. The Kier molecular flexibility index (Phi) is 4.88. The molecule has 0 atom stereocenters. The average Bonchev–Trinajstić information content (AvgIpc) is 3.12. The van der Waals surface area contributed by atoms with Gasteiger partial charge in [0.25, 0.3) is 5.91 Å². The number of anilines is 1. The Labute approximate surface area is 181 Å². The van der Waals surface area contributed by atoms with Gasteiger partial charge in [-0.05, 0) is 31.0 Å². The number of fused-ring (bicyclic) bond motifs is 1. The summed E-state index contributed by atoms with van der Waals surface area (Å²) >= 11 is 0. The summed E-state index contributed by atoms with van der Waals surface area (Å²) in [6.45, 7) is 2.82. The van der Waals surface area contributed by atoms with Gasteiger partial charge in [0.15, 0.2) is 0 Å². The number of nitrogens with zero attached hydrogens (tertiary/aromatic N) is 3. The molecule has 0 unspecified atom stereocenters. The second kappa shape index (κ2) is 7.51. The maximum absolute atomic E-state index is 12.8. The number of nitrogens with one attached hydrogen (secondary N) is 2. The molecule has 1 aliphatic carbocycles. The van der Waals surface area contributed by atoms with Crippen molar-refractivity contribution in [2.75, 3.05) is 25.0 Å². The van der Waals surface area contributed by atoms with Crippen LogP contribution in [-0.2, 0) is 24.1 Å². The molecule has 0 radical (unpaired) electrons. The van der Waals surface area contributed by atoms with Crippen molar-refractivity contribution in [1.29, 1.82) is 0 Å². The Bertz CT molecular complexity index is 1050. The molecule has 1 aromatic heterocycles. The van der Waals surface area contributed by atoms with Gasteiger partial charge in [0, 0.05) is 36.8 Å². The van der Waals surface area contributed by atoms with E-state index in [2.05, 4.69) is 15.6 Å². The number of likely N-dealkylation sites (tertiary alicyclic amines) is 1. The van der Waals surface area contributed by atoms with Crippen molar-refractivity contribution < 1.29 is 27.5 Å². The highest BCUT2D eigenvalue weighted by Gasteiger charge is 2.54. The van der Waals surface area contributed by atoms with Gasteiger partial charge in [-0.1, -0.05) is 6.07 Å². The van der Waals surface area contributed by atoms with Crippen molar-refractivity contribution in [2.45, 2.75) is 38.2 Å². The molecule has 8 nitrogen and oxygen atoms in total. The molecule has 2 N–H and O–H groups in total. The van der Waals surface area contributed by atoms with Gasteiger partial charge in [-0.2, -0.15) is 13.2 Å². The molecule has 2 aromatic rings. The van der Waals surface area contributed by atoms with Crippen molar-refractivity contribution >= 4 is 17.6 Å². The first-order chi connectivity index (χ1) is 15.2. The van der Waals surface area contributed by atoms with E-state index in [1.165, 1.54) is 12.1 Å². The number of ether oxygens (including phenoxy) is 1. The van der Waals surface area contributed by atoms with E-state index in [0.29, 0.717) is 38.5 Å². The number of benzene rings is 1. The van der Waals surface area contributed by atoms with Gasteiger partial charge in [-0.3, -0.25) is 4.79 Å². The fourth-order valence-corrected chi connectivity index (χ4v) is 4.81. The summed E-state index contributed by atoms with van der Waals surface area (Å²) in [7, 11) is 0. The Balaban J connectivity index is 1.10. The highest BCUT2D eigenvalue weighted by Crippen LogP contribution is 2.48. The number of halogens is 3. The summed E-state index contributed by atoms with van der Waals surface area (Å²) in [6.07, 6.45) is -1.41. The summed E-state index contributed by atoms with van der Waals surface area (Å²) in [6, 6.07) is 3.91. The third-order valence-electron chi connectivity index (χ3n) is 6.33. The van der Waals surface area contributed by atoms with E-state index in [-0.39, 0.29) is 23.1 Å². The minimum Gasteiger partial charge on any atom is -0.372 e. The first-order valence-electron chi connectivity index (χ1n) is 10.4. The molecule has 3 heterocycles. The van der Waals surface area contributed by atoms with Crippen LogP contribution in [0.25, 0.3) is 0 Å². The third kappa shape index (κ3) is 3.81. The van der Waals surface area contributed by atoms with Gasteiger partial charge in [-0.15, -0.1) is 0 Å². The fourth-order valence-electron chi connectivity index (χ4n) is 4.81. The smallest absolute Gasteiger partial charge is 0.372 e. The van der Waals surface area contributed by atoms with Crippen molar-refractivity contribution in [3.63, 3.8) is 0 Å². The normalized spacial score (nSPS) is 19.7. The maximum Gasteiger partial charge on any atom is 0.416 e. The highest BCUT2D eigenvalue weighted by atomic mass is 19.4. The lowest BCUT2D eigenvalue weighted by Crippen LogP contribution is -2.67. The minimum absolute atomic E-state index is 0.00231. The largest absolute Gasteiger partial charge is 0.416 e. The van der Waals surface area contributed by atoms with Crippen molar-refractivity contribution in [3.05, 3.63) is 47.5 Å². The highest BCUT2D eigenvalue weighted by molar-refractivity contribution is 5.93. The van der Waals surface area contributed by atoms with E-state index in [0.717, 1.165) is 30.8 Å². The number of hydrogen-bond acceptors (Lipinski definition) is 4. The summed E-state index contributed by atoms with van der Waals surface area (Å²) in [4.78, 5) is 31.0. The molecular formula is C21H22F3N5O3. The SMILES string of the molecule is O=C(Nc1cccc(C(F)(F)F)c1)NC1CC2(C1)CN(C(=O)c1cnc3n1CCOC3)C2. The monoisotopic (exact) mass is 449 g/mol. The molecule has 3 aliphatic rings. The number of amides is 3. The minimum atomic E-state index is -4.47. The zero-order chi connectivity index (χ0) is 22.5. The zero-order valence-corrected chi connectivity index (χ0v) is 17.1. The van der Waals surface area contributed by atoms with Crippen LogP contribution in [0.4, 0.5) is 23.7 Å². The fraction of sp³-hybridized carbons (Fsp3) is 0.476. The first-order valence-corrected chi connectivity index (χ1v) is 10.4. The Hall–Kier alpha value is -3.08. The number of imidazole rings is 1. The molecule has 1 saturated heterocycles. The van der Waals surface area contributed by atoms with Crippen LogP contribution < -0.4 is 10.6 Å². The van der Waals surface area contributed by atoms with Crippen molar-refractivity contribution in [3.8, 4) is 0 Å². The number of alkyl halides is 3. The number of urea groups is 1. The van der Waals surface area contributed by atoms with E-state index in [1.54, 1.807) is 11.1 Å². The van der Waals surface area contributed by atoms with Gasteiger partial charge in [0.05, 0.1) is 18.4 Å². The molecule has 2 fully saturated rings.